The molecule has 17 heavy (non-hydrogen) atoms. The first kappa shape index (κ1) is 13.2. The van der Waals surface area contributed by atoms with Gasteiger partial charge in [-0.05, 0) is 25.1 Å². The van der Waals surface area contributed by atoms with Gasteiger partial charge in [0, 0.05) is 17.1 Å². The highest BCUT2D eigenvalue weighted by Crippen LogP contribution is 2.19. The SMILES string of the molecule is CC.CC(=O)c1cnc2c(F)c(F)ccc2c1. The second kappa shape index (κ2) is 5.48. The highest BCUT2D eigenvalue weighted by Gasteiger charge is 2.09. The van der Waals surface area contributed by atoms with Crippen molar-refractivity contribution in [2.45, 2.75) is 20.8 Å². The standard InChI is InChI=1S/C11H7F2NO.C2H6/c1-6(15)8-4-7-2-3-9(12)10(13)11(7)14-5-8;1-2/h2-5H,1H3;1-2H3. The molecular formula is C13H13F2NO. The Balaban J connectivity index is 0.000000686. The van der Waals surface area contributed by atoms with Gasteiger partial charge in [-0.1, -0.05) is 13.8 Å². The number of hydrogen-bond acceptors (Lipinski definition) is 2. The van der Waals surface area contributed by atoms with E-state index in [0.29, 0.717) is 10.9 Å². The molecule has 0 unspecified atom stereocenters. The topological polar surface area (TPSA) is 30.0 Å². The number of hydrogen-bond donors (Lipinski definition) is 0. The van der Waals surface area contributed by atoms with Crippen molar-refractivity contribution in [2.24, 2.45) is 0 Å². The lowest BCUT2D eigenvalue weighted by molar-refractivity contribution is 0.101. The largest absolute Gasteiger partial charge is 0.294 e. The summed E-state index contributed by atoms with van der Waals surface area (Å²) in [4.78, 5) is 14.8. The van der Waals surface area contributed by atoms with E-state index in [9.17, 15) is 13.6 Å². The van der Waals surface area contributed by atoms with Crippen molar-refractivity contribution in [3.05, 3.63) is 41.6 Å². The van der Waals surface area contributed by atoms with Gasteiger partial charge in [-0.25, -0.2) is 8.78 Å². The molecule has 2 rings (SSSR count). The van der Waals surface area contributed by atoms with E-state index in [2.05, 4.69) is 4.98 Å². The van der Waals surface area contributed by atoms with Crippen molar-refractivity contribution in [1.29, 1.82) is 0 Å². The molecule has 0 saturated heterocycles. The Morgan fingerprint density at radius 1 is 1.24 bits per heavy atom. The van der Waals surface area contributed by atoms with Gasteiger partial charge in [-0.2, -0.15) is 0 Å². The summed E-state index contributed by atoms with van der Waals surface area (Å²) < 4.78 is 26.0. The molecule has 0 aliphatic carbocycles. The van der Waals surface area contributed by atoms with Crippen LogP contribution in [0.1, 0.15) is 31.1 Å². The minimum Gasteiger partial charge on any atom is -0.294 e. The molecule has 0 amide bonds. The number of nitrogens with zero attached hydrogens (tertiary/aromatic N) is 1. The van der Waals surface area contributed by atoms with Crippen molar-refractivity contribution in [2.75, 3.05) is 0 Å². The van der Waals surface area contributed by atoms with Crippen LogP contribution in [0.4, 0.5) is 8.78 Å². The molecule has 1 heterocycles. The quantitative estimate of drug-likeness (QED) is 0.707. The zero-order valence-corrected chi connectivity index (χ0v) is 9.92. The summed E-state index contributed by atoms with van der Waals surface area (Å²) in [5.74, 6) is -2.08. The molecule has 0 aliphatic heterocycles. The summed E-state index contributed by atoms with van der Waals surface area (Å²) in [5, 5.41) is 0.418. The molecule has 0 saturated carbocycles. The summed E-state index contributed by atoms with van der Waals surface area (Å²) >= 11 is 0. The van der Waals surface area contributed by atoms with Crippen molar-refractivity contribution >= 4 is 16.7 Å². The van der Waals surface area contributed by atoms with Crippen LogP contribution in [0.15, 0.2) is 24.4 Å². The van der Waals surface area contributed by atoms with E-state index < -0.39 is 11.6 Å². The maximum atomic E-state index is 13.2. The zero-order chi connectivity index (χ0) is 13.0. The number of pyridine rings is 1. The maximum absolute atomic E-state index is 13.2. The average Bonchev–Trinajstić information content (AvgIpc) is 2.36. The van der Waals surface area contributed by atoms with E-state index in [1.54, 1.807) is 0 Å². The maximum Gasteiger partial charge on any atom is 0.184 e. The van der Waals surface area contributed by atoms with Crippen LogP contribution in [-0.2, 0) is 0 Å². The highest BCUT2D eigenvalue weighted by atomic mass is 19.2. The average molecular weight is 237 g/mol. The van der Waals surface area contributed by atoms with Crippen molar-refractivity contribution in [3.63, 3.8) is 0 Å². The number of carbonyl (C=O) groups is 1. The van der Waals surface area contributed by atoms with E-state index in [1.807, 2.05) is 13.8 Å². The van der Waals surface area contributed by atoms with E-state index >= 15 is 0 Å². The van der Waals surface area contributed by atoms with E-state index in [-0.39, 0.29) is 11.3 Å². The van der Waals surface area contributed by atoms with Crippen LogP contribution < -0.4 is 0 Å². The number of aromatic nitrogens is 1. The fourth-order valence-electron chi connectivity index (χ4n) is 1.33. The lowest BCUT2D eigenvalue weighted by atomic mass is 10.1. The molecule has 4 heteroatoms. The Morgan fingerprint density at radius 2 is 1.88 bits per heavy atom. The summed E-state index contributed by atoms with van der Waals surface area (Å²) in [5.41, 5.74) is 0.327. The number of rotatable bonds is 1. The van der Waals surface area contributed by atoms with Crippen LogP contribution in [0.5, 0.6) is 0 Å². The number of ketones is 1. The minimum absolute atomic E-state index is 0.0556. The molecule has 2 aromatic rings. The van der Waals surface area contributed by atoms with E-state index in [1.165, 1.54) is 25.3 Å². The third kappa shape index (κ3) is 2.64. The van der Waals surface area contributed by atoms with Gasteiger partial charge in [0.2, 0.25) is 0 Å². The van der Waals surface area contributed by atoms with Gasteiger partial charge in [0.15, 0.2) is 17.4 Å². The smallest absolute Gasteiger partial charge is 0.184 e. The Hall–Kier alpha value is -1.84. The normalized spacial score (nSPS) is 9.71. The molecule has 90 valence electrons. The number of halogens is 2. The van der Waals surface area contributed by atoms with Crippen LogP contribution in [0.25, 0.3) is 10.9 Å². The lowest BCUT2D eigenvalue weighted by Crippen LogP contribution is -1.95. The van der Waals surface area contributed by atoms with Crippen LogP contribution in [0.3, 0.4) is 0 Å². The van der Waals surface area contributed by atoms with E-state index in [4.69, 9.17) is 0 Å². The number of fused-ring (bicyclic) bond motifs is 1. The molecule has 0 aliphatic rings. The Bertz CT molecular complexity index is 552. The Morgan fingerprint density at radius 3 is 2.47 bits per heavy atom. The summed E-state index contributed by atoms with van der Waals surface area (Å²) in [6.45, 7) is 5.39. The molecule has 0 radical (unpaired) electrons. The van der Waals surface area contributed by atoms with Crippen molar-refractivity contribution in [1.82, 2.24) is 4.98 Å². The first-order chi connectivity index (χ1) is 8.09. The fourth-order valence-corrected chi connectivity index (χ4v) is 1.33. The highest BCUT2D eigenvalue weighted by molar-refractivity contribution is 5.97. The molecule has 2 nitrogen and oxygen atoms in total. The van der Waals surface area contributed by atoms with Crippen LogP contribution in [0, 0.1) is 11.6 Å². The summed E-state index contributed by atoms with van der Waals surface area (Å²) in [6.07, 6.45) is 1.24. The van der Waals surface area contributed by atoms with Gasteiger partial charge in [0.1, 0.15) is 5.52 Å². The molecule has 0 spiro atoms. The monoisotopic (exact) mass is 237 g/mol. The Labute approximate surface area is 98.3 Å². The third-order valence-electron chi connectivity index (χ3n) is 2.15. The van der Waals surface area contributed by atoms with Gasteiger partial charge >= 0.3 is 0 Å². The van der Waals surface area contributed by atoms with E-state index in [0.717, 1.165) is 6.07 Å². The van der Waals surface area contributed by atoms with Crippen molar-refractivity contribution in [3.8, 4) is 0 Å². The van der Waals surface area contributed by atoms with Gasteiger partial charge < -0.3 is 0 Å². The van der Waals surface area contributed by atoms with Gasteiger partial charge in [-0.3, -0.25) is 9.78 Å². The summed E-state index contributed by atoms with van der Waals surface area (Å²) in [6, 6.07) is 3.91. The number of carbonyl (C=O) groups excluding carboxylic acids is 1. The van der Waals surface area contributed by atoms with Gasteiger partial charge in [0.25, 0.3) is 0 Å². The number of benzene rings is 1. The molecule has 0 fully saturated rings. The first-order valence-electron chi connectivity index (χ1n) is 5.34. The molecule has 1 aromatic carbocycles. The molecule has 0 bridgehead atoms. The lowest BCUT2D eigenvalue weighted by Gasteiger charge is -2.01. The van der Waals surface area contributed by atoms with Gasteiger partial charge in [0.05, 0.1) is 0 Å². The predicted molar refractivity (Wildman–Crippen MR) is 63.0 cm³/mol. The second-order valence-corrected chi connectivity index (χ2v) is 3.21. The summed E-state index contributed by atoms with van der Waals surface area (Å²) in [7, 11) is 0. The fraction of sp³-hybridized carbons (Fsp3) is 0.231. The minimum atomic E-state index is -0.984. The predicted octanol–water partition coefficient (Wildman–Crippen LogP) is 3.74. The second-order valence-electron chi connectivity index (χ2n) is 3.21. The van der Waals surface area contributed by atoms with Crippen LogP contribution in [-0.4, -0.2) is 10.8 Å². The first-order valence-corrected chi connectivity index (χ1v) is 5.34. The van der Waals surface area contributed by atoms with Crippen LogP contribution >= 0.6 is 0 Å². The molecule has 0 atom stereocenters. The molecular weight excluding hydrogens is 224 g/mol. The molecule has 0 N–H and O–H groups in total. The van der Waals surface area contributed by atoms with Crippen LogP contribution in [0.2, 0.25) is 0 Å². The third-order valence-corrected chi connectivity index (χ3v) is 2.15. The number of Topliss-reactive ketones (excluding diaryl/α,β-unsaturated/α-hetero) is 1. The molecule has 1 aromatic heterocycles. The van der Waals surface area contributed by atoms with Gasteiger partial charge in [-0.15, -0.1) is 0 Å². The Kier molecular flexibility index (Phi) is 4.26. The zero-order valence-electron chi connectivity index (χ0n) is 9.92. The van der Waals surface area contributed by atoms with Crippen molar-refractivity contribution < 1.29 is 13.6 Å².